The van der Waals surface area contributed by atoms with E-state index in [1.54, 1.807) is 42.5 Å². The molecule has 0 bridgehead atoms. The van der Waals surface area contributed by atoms with Crippen molar-refractivity contribution in [1.29, 1.82) is 0 Å². The van der Waals surface area contributed by atoms with Crippen molar-refractivity contribution in [3.05, 3.63) is 75.2 Å². The molecule has 3 rings (SSSR count). The van der Waals surface area contributed by atoms with Crippen molar-refractivity contribution in [3.8, 4) is 5.75 Å². The first kappa shape index (κ1) is 22.5. The van der Waals surface area contributed by atoms with Crippen LogP contribution in [0.25, 0.3) is 0 Å². The third kappa shape index (κ3) is 5.70. The van der Waals surface area contributed by atoms with Crippen LogP contribution < -0.4 is 4.74 Å². The lowest BCUT2D eigenvalue weighted by molar-refractivity contribution is -0.144. The minimum atomic E-state index is -0.630. The van der Waals surface area contributed by atoms with Gasteiger partial charge in [0.2, 0.25) is 5.78 Å². The van der Waals surface area contributed by atoms with E-state index in [2.05, 4.69) is 10.6 Å². The van der Waals surface area contributed by atoms with Crippen molar-refractivity contribution in [2.75, 3.05) is 13.2 Å². The molecule has 0 aliphatic heterocycles. The van der Waals surface area contributed by atoms with E-state index in [0.717, 1.165) is 11.4 Å². The van der Waals surface area contributed by atoms with Crippen LogP contribution in [0, 0.1) is 13.8 Å². The summed E-state index contributed by atoms with van der Waals surface area (Å²) in [5, 5.41) is 2.02. The number of Topliss-reactive ketones (excluding diaryl/α,β-unsaturated/α-hetero) is 2. The van der Waals surface area contributed by atoms with Gasteiger partial charge in [0.15, 0.2) is 19.0 Å². The van der Waals surface area contributed by atoms with Crippen molar-refractivity contribution in [2.24, 2.45) is 0 Å². The molecular weight excluding hydrogens is 414 g/mol. The lowest BCUT2D eigenvalue weighted by Crippen LogP contribution is -2.20. The van der Waals surface area contributed by atoms with E-state index in [4.69, 9.17) is 9.47 Å². The zero-order valence-electron chi connectivity index (χ0n) is 17.8. The van der Waals surface area contributed by atoms with Gasteiger partial charge in [0.1, 0.15) is 5.75 Å². The Morgan fingerprint density at radius 2 is 1.74 bits per heavy atom. The Kier molecular flexibility index (Phi) is 7.41. The molecule has 0 aliphatic carbocycles. The second-order valence-electron chi connectivity index (χ2n) is 7.12. The molecular formula is C24H25NO5S. The van der Waals surface area contributed by atoms with Gasteiger partial charge in [-0.1, -0.05) is 13.0 Å². The minimum absolute atomic E-state index is 0.0409. The zero-order chi connectivity index (χ0) is 22.4. The number of rotatable bonds is 10. The summed E-state index contributed by atoms with van der Waals surface area (Å²) in [4.78, 5) is 37.4. The topological polar surface area (TPSA) is 74.6 Å². The Morgan fingerprint density at radius 1 is 1.00 bits per heavy atom. The molecule has 0 spiro atoms. The van der Waals surface area contributed by atoms with Gasteiger partial charge in [0, 0.05) is 33.8 Å². The highest BCUT2D eigenvalue weighted by molar-refractivity contribution is 7.09. The molecule has 7 heteroatoms. The first-order valence-electron chi connectivity index (χ1n) is 10.0. The normalized spacial score (nSPS) is 10.7. The fourth-order valence-electron chi connectivity index (χ4n) is 3.23. The van der Waals surface area contributed by atoms with Crippen LogP contribution in [0.5, 0.6) is 5.75 Å². The molecule has 6 nitrogen and oxygen atoms in total. The maximum atomic E-state index is 12.6. The lowest BCUT2D eigenvalue weighted by atomic mass is 10.1. The summed E-state index contributed by atoms with van der Waals surface area (Å²) in [6.07, 6.45) is 0.428. The molecule has 0 saturated heterocycles. The predicted octanol–water partition coefficient (Wildman–Crippen LogP) is 4.61. The maximum Gasteiger partial charge on any atom is 0.344 e. The standard InChI is InChI=1S/C24H25NO5S/c1-4-22(26)18-7-9-19(10-8-18)29-15-24(28)30-14-23(27)21-12-16(2)25(17(21)3)13-20-6-5-11-31-20/h5-12H,4,13-15H2,1-3H3. The first-order chi connectivity index (χ1) is 14.9. The van der Waals surface area contributed by atoms with Gasteiger partial charge in [-0.05, 0) is 55.6 Å². The summed E-state index contributed by atoms with van der Waals surface area (Å²) < 4.78 is 12.6. The molecule has 0 saturated carbocycles. The largest absolute Gasteiger partial charge is 0.482 e. The van der Waals surface area contributed by atoms with E-state index in [0.29, 0.717) is 29.8 Å². The molecule has 2 aromatic heterocycles. The third-order valence-corrected chi connectivity index (χ3v) is 5.85. The van der Waals surface area contributed by atoms with Crippen LogP contribution in [-0.2, 0) is 16.1 Å². The molecule has 3 aromatic rings. The van der Waals surface area contributed by atoms with Gasteiger partial charge in [-0.3, -0.25) is 9.59 Å². The van der Waals surface area contributed by atoms with Gasteiger partial charge in [0.05, 0.1) is 6.54 Å². The molecule has 0 N–H and O–H groups in total. The number of hydrogen-bond acceptors (Lipinski definition) is 6. The highest BCUT2D eigenvalue weighted by Gasteiger charge is 2.18. The van der Waals surface area contributed by atoms with E-state index >= 15 is 0 Å². The fourth-order valence-corrected chi connectivity index (χ4v) is 3.93. The summed E-state index contributed by atoms with van der Waals surface area (Å²) in [5.41, 5.74) is 2.98. The van der Waals surface area contributed by atoms with Crippen molar-refractivity contribution in [2.45, 2.75) is 33.7 Å². The Morgan fingerprint density at radius 3 is 2.39 bits per heavy atom. The SMILES string of the molecule is CCC(=O)c1ccc(OCC(=O)OCC(=O)c2cc(C)n(Cc3cccs3)c2C)cc1. The van der Waals surface area contributed by atoms with Crippen molar-refractivity contribution >= 4 is 28.9 Å². The van der Waals surface area contributed by atoms with Gasteiger partial charge in [-0.15, -0.1) is 11.3 Å². The molecule has 0 unspecified atom stereocenters. The van der Waals surface area contributed by atoms with E-state index in [1.165, 1.54) is 4.88 Å². The van der Waals surface area contributed by atoms with Gasteiger partial charge >= 0.3 is 5.97 Å². The number of aryl methyl sites for hydroxylation is 1. The Bertz CT molecular complexity index is 1060. The smallest absolute Gasteiger partial charge is 0.344 e. The highest BCUT2D eigenvalue weighted by atomic mass is 32.1. The number of thiophene rings is 1. The summed E-state index contributed by atoms with van der Waals surface area (Å²) in [6, 6.07) is 12.5. The van der Waals surface area contributed by atoms with Gasteiger partial charge in [0.25, 0.3) is 0 Å². The Labute approximate surface area is 185 Å². The Balaban J connectivity index is 1.51. The molecule has 162 valence electrons. The lowest BCUT2D eigenvalue weighted by Gasteiger charge is -2.09. The molecule has 0 amide bonds. The summed E-state index contributed by atoms with van der Waals surface area (Å²) in [5.74, 6) is -0.386. The summed E-state index contributed by atoms with van der Waals surface area (Å²) in [6.45, 7) is 5.70. The van der Waals surface area contributed by atoms with E-state index in [9.17, 15) is 14.4 Å². The number of hydrogen-bond donors (Lipinski definition) is 0. The van der Waals surface area contributed by atoms with Crippen LogP contribution in [0.4, 0.5) is 0 Å². The monoisotopic (exact) mass is 439 g/mol. The van der Waals surface area contributed by atoms with E-state index in [1.807, 2.05) is 31.4 Å². The molecule has 0 radical (unpaired) electrons. The van der Waals surface area contributed by atoms with Crippen molar-refractivity contribution in [1.82, 2.24) is 4.57 Å². The number of benzene rings is 1. The van der Waals surface area contributed by atoms with Gasteiger partial charge < -0.3 is 14.0 Å². The van der Waals surface area contributed by atoms with Gasteiger partial charge in [-0.2, -0.15) is 0 Å². The molecule has 2 heterocycles. The Hall–Kier alpha value is -3.19. The molecule has 0 fully saturated rings. The number of nitrogens with zero attached hydrogens (tertiary/aromatic N) is 1. The van der Waals surface area contributed by atoms with Crippen LogP contribution in [0.15, 0.2) is 47.8 Å². The minimum Gasteiger partial charge on any atom is -0.482 e. The van der Waals surface area contributed by atoms with Crippen LogP contribution >= 0.6 is 11.3 Å². The average molecular weight is 440 g/mol. The average Bonchev–Trinajstić information content (AvgIpc) is 3.39. The number of ether oxygens (including phenoxy) is 2. The predicted molar refractivity (Wildman–Crippen MR) is 119 cm³/mol. The van der Waals surface area contributed by atoms with E-state index < -0.39 is 5.97 Å². The second-order valence-corrected chi connectivity index (χ2v) is 8.16. The second kappa shape index (κ2) is 10.2. The van der Waals surface area contributed by atoms with Crippen LogP contribution in [-0.4, -0.2) is 35.3 Å². The first-order valence-corrected chi connectivity index (χ1v) is 10.9. The summed E-state index contributed by atoms with van der Waals surface area (Å²) >= 11 is 1.67. The van der Waals surface area contributed by atoms with Crippen LogP contribution in [0.2, 0.25) is 0 Å². The number of ketones is 2. The molecule has 0 aliphatic rings. The number of carbonyl (C=O) groups excluding carboxylic acids is 3. The van der Waals surface area contributed by atoms with Gasteiger partial charge in [-0.25, -0.2) is 4.79 Å². The van der Waals surface area contributed by atoms with Crippen LogP contribution in [0.1, 0.15) is 50.3 Å². The van der Waals surface area contributed by atoms with E-state index in [-0.39, 0.29) is 24.8 Å². The van der Waals surface area contributed by atoms with Crippen molar-refractivity contribution in [3.63, 3.8) is 0 Å². The van der Waals surface area contributed by atoms with Crippen LogP contribution in [0.3, 0.4) is 0 Å². The molecule has 31 heavy (non-hydrogen) atoms. The van der Waals surface area contributed by atoms with Crippen molar-refractivity contribution < 1.29 is 23.9 Å². The molecule has 1 aromatic carbocycles. The number of aromatic nitrogens is 1. The number of carbonyl (C=O) groups is 3. The zero-order valence-corrected chi connectivity index (χ0v) is 18.7. The maximum absolute atomic E-state index is 12.6. The molecule has 0 atom stereocenters. The fraction of sp³-hybridized carbons (Fsp3) is 0.292. The quantitative estimate of drug-likeness (QED) is 0.341. The third-order valence-electron chi connectivity index (χ3n) is 4.99. The highest BCUT2D eigenvalue weighted by Crippen LogP contribution is 2.20. The summed E-state index contributed by atoms with van der Waals surface area (Å²) in [7, 11) is 0. The number of esters is 1.